The standard InChI is InChI=1S/C30H33NO10/c1-17-9-11-22(12-10-17)15-31-14-13-23-7-6-8-24(26(23)31)40-30-29(39-21(5)35)28(38-20(4)34)27(37-19(3)33)25(41-30)16-36-18(2)32/h6-14,25,27-30H,15-16H2,1-5H3/t25-,27-,28+,29-,30-/m1/s1. The van der Waals surface area contributed by atoms with Gasteiger partial charge in [-0.25, -0.2) is 0 Å². The van der Waals surface area contributed by atoms with Crippen molar-refractivity contribution in [2.75, 3.05) is 6.61 Å². The number of para-hydroxylation sites is 1. The van der Waals surface area contributed by atoms with Gasteiger partial charge in [0.05, 0.1) is 5.52 Å². The molecule has 11 nitrogen and oxygen atoms in total. The van der Waals surface area contributed by atoms with Gasteiger partial charge in [-0.3, -0.25) is 19.2 Å². The molecule has 2 aromatic carbocycles. The summed E-state index contributed by atoms with van der Waals surface area (Å²) in [5.74, 6) is -2.32. The molecule has 1 aliphatic rings. The highest BCUT2D eigenvalue weighted by Gasteiger charge is 2.53. The van der Waals surface area contributed by atoms with E-state index in [0.29, 0.717) is 12.3 Å². The Hall–Kier alpha value is -4.38. The molecule has 41 heavy (non-hydrogen) atoms. The van der Waals surface area contributed by atoms with Crippen LogP contribution >= 0.6 is 0 Å². The topological polar surface area (TPSA) is 129 Å². The molecule has 0 radical (unpaired) electrons. The van der Waals surface area contributed by atoms with Crippen LogP contribution in [0.1, 0.15) is 38.8 Å². The fourth-order valence-corrected chi connectivity index (χ4v) is 4.75. The van der Waals surface area contributed by atoms with Gasteiger partial charge >= 0.3 is 23.9 Å². The van der Waals surface area contributed by atoms with Crippen LogP contribution in [0.3, 0.4) is 0 Å². The molecule has 2 heterocycles. The van der Waals surface area contributed by atoms with Crippen LogP contribution < -0.4 is 4.74 Å². The molecule has 0 saturated carbocycles. The normalized spacial score (nSPS) is 22.0. The van der Waals surface area contributed by atoms with Crippen molar-refractivity contribution in [3.05, 3.63) is 65.9 Å². The lowest BCUT2D eigenvalue weighted by Gasteiger charge is -2.44. The van der Waals surface area contributed by atoms with Gasteiger partial charge in [-0.2, -0.15) is 0 Å². The van der Waals surface area contributed by atoms with E-state index in [9.17, 15) is 19.2 Å². The predicted octanol–water partition coefficient (Wildman–Crippen LogP) is 3.46. The van der Waals surface area contributed by atoms with Gasteiger partial charge in [0.15, 0.2) is 12.2 Å². The lowest BCUT2D eigenvalue weighted by molar-refractivity contribution is -0.288. The van der Waals surface area contributed by atoms with Gasteiger partial charge in [-0.1, -0.05) is 42.0 Å². The van der Waals surface area contributed by atoms with Gasteiger partial charge in [0.1, 0.15) is 18.5 Å². The number of carbonyl (C=O) groups excluding carboxylic acids is 4. The van der Waals surface area contributed by atoms with Crippen molar-refractivity contribution in [2.24, 2.45) is 0 Å². The number of ether oxygens (including phenoxy) is 6. The van der Waals surface area contributed by atoms with Gasteiger partial charge in [0, 0.05) is 45.8 Å². The number of fused-ring (bicyclic) bond motifs is 1. The van der Waals surface area contributed by atoms with Gasteiger partial charge < -0.3 is 33.0 Å². The van der Waals surface area contributed by atoms with E-state index < -0.39 is 54.6 Å². The number of rotatable bonds is 9. The fraction of sp³-hybridized carbons (Fsp3) is 0.400. The molecule has 1 fully saturated rings. The van der Waals surface area contributed by atoms with Gasteiger partial charge in [0.25, 0.3) is 0 Å². The molecule has 0 unspecified atom stereocenters. The smallest absolute Gasteiger partial charge is 0.303 e. The van der Waals surface area contributed by atoms with E-state index in [-0.39, 0.29) is 6.61 Å². The van der Waals surface area contributed by atoms with Crippen LogP contribution in [0.2, 0.25) is 0 Å². The molecule has 1 aliphatic heterocycles. The van der Waals surface area contributed by atoms with Crippen LogP contribution in [-0.4, -0.2) is 65.8 Å². The van der Waals surface area contributed by atoms with Crippen molar-refractivity contribution in [3.8, 4) is 5.75 Å². The van der Waals surface area contributed by atoms with E-state index in [1.165, 1.54) is 27.7 Å². The van der Waals surface area contributed by atoms with E-state index >= 15 is 0 Å². The third-order valence-corrected chi connectivity index (χ3v) is 6.42. The largest absolute Gasteiger partial charge is 0.463 e. The summed E-state index contributed by atoms with van der Waals surface area (Å²) >= 11 is 0. The molecule has 0 bridgehead atoms. The minimum atomic E-state index is -1.33. The Labute approximate surface area is 237 Å². The Kier molecular flexibility index (Phi) is 9.28. The Morgan fingerprint density at radius 3 is 2.05 bits per heavy atom. The molecule has 5 atom stereocenters. The SMILES string of the molecule is CC(=O)OC[C@H]1O[C@@H](Oc2cccc3ccn(Cc4ccc(C)cc4)c23)[C@H](OC(C)=O)[C@@H](OC(C)=O)[C@@H]1OC(C)=O. The summed E-state index contributed by atoms with van der Waals surface area (Å²) in [5.41, 5.74) is 2.98. The zero-order chi connectivity index (χ0) is 29.7. The maximum absolute atomic E-state index is 12.2. The molecule has 0 N–H and O–H groups in total. The molecular formula is C30H33NO10. The Bertz CT molecular complexity index is 1410. The first-order valence-electron chi connectivity index (χ1n) is 13.1. The van der Waals surface area contributed by atoms with Crippen molar-refractivity contribution in [1.29, 1.82) is 0 Å². The Morgan fingerprint density at radius 2 is 1.41 bits per heavy atom. The number of aryl methyl sites for hydroxylation is 1. The summed E-state index contributed by atoms with van der Waals surface area (Å²) in [6.45, 7) is 6.97. The first-order valence-corrected chi connectivity index (χ1v) is 13.1. The number of benzene rings is 2. The van der Waals surface area contributed by atoms with Gasteiger partial charge in [-0.15, -0.1) is 0 Å². The monoisotopic (exact) mass is 567 g/mol. The molecule has 1 saturated heterocycles. The quantitative estimate of drug-likeness (QED) is 0.280. The predicted molar refractivity (Wildman–Crippen MR) is 145 cm³/mol. The average molecular weight is 568 g/mol. The number of hydrogen-bond acceptors (Lipinski definition) is 10. The summed E-state index contributed by atoms with van der Waals surface area (Å²) in [7, 11) is 0. The van der Waals surface area contributed by atoms with Gasteiger partial charge in [0.2, 0.25) is 12.4 Å². The van der Waals surface area contributed by atoms with Crippen LogP contribution in [0.15, 0.2) is 54.7 Å². The number of aromatic nitrogens is 1. The highest BCUT2D eigenvalue weighted by molar-refractivity contribution is 5.86. The van der Waals surface area contributed by atoms with E-state index in [4.69, 9.17) is 28.4 Å². The Balaban J connectivity index is 1.74. The number of esters is 4. The van der Waals surface area contributed by atoms with Gasteiger partial charge in [-0.05, 0) is 24.6 Å². The zero-order valence-electron chi connectivity index (χ0n) is 23.5. The van der Waals surface area contributed by atoms with Crippen molar-refractivity contribution < 1.29 is 47.6 Å². The first kappa shape index (κ1) is 29.6. The second-order valence-electron chi connectivity index (χ2n) is 9.81. The minimum Gasteiger partial charge on any atom is -0.463 e. The molecule has 3 aromatic rings. The number of nitrogens with zero attached hydrogens (tertiary/aromatic N) is 1. The number of hydrogen-bond donors (Lipinski definition) is 0. The van der Waals surface area contributed by atoms with Crippen molar-refractivity contribution >= 4 is 34.8 Å². The lowest BCUT2D eigenvalue weighted by Crippen LogP contribution is -2.63. The zero-order valence-corrected chi connectivity index (χ0v) is 23.5. The minimum absolute atomic E-state index is 0.342. The summed E-state index contributed by atoms with van der Waals surface area (Å²) in [6, 6.07) is 15.6. The lowest BCUT2D eigenvalue weighted by atomic mass is 9.98. The second-order valence-corrected chi connectivity index (χ2v) is 9.81. The van der Waals surface area contributed by atoms with Crippen LogP contribution in [0.5, 0.6) is 5.75 Å². The molecule has 1 aromatic heterocycles. The third kappa shape index (κ3) is 7.43. The van der Waals surface area contributed by atoms with E-state index in [0.717, 1.165) is 22.0 Å². The summed E-state index contributed by atoms with van der Waals surface area (Å²) < 4.78 is 36.1. The van der Waals surface area contributed by atoms with E-state index in [1.54, 1.807) is 12.1 Å². The van der Waals surface area contributed by atoms with Crippen LogP contribution in [-0.2, 0) is 49.4 Å². The average Bonchev–Trinajstić information content (AvgIpc) is 3.30. The van der Waals surface area contributed by atoms with Crippen molar-refractivity contribution in [1.82, 2.24) is 4.57 Å². The van der Waals surface area contributed by atoms with Crippen molar-refractivity contribution in [3.63, 3.8) is 0 Å². The summed E-state index contributed by atoms with van der Waals surface area (Å²) in [6.07, 6.45) is -4.42. The molecule has 218 valence electrons. The van der Waals surface area contributed by atoms with Crippen LogP contribution in [0.4, 0.5) is 0 Å². The number of carbonyl (C=O) groups is 4. The fourth-order valence-electron chi connectivity index (χ4n) is 4.75. The van der Waals surface area contributed by atoms with Crippen molar-refractivity contribution in [2.45, 2.75) is 71.9 Å². The van der Waals surface area contributed by atoms with E-state index in [1.807, 2.05) is 54.1 Å². The summed E-state index contributed by atoms with van der Waals surface area (Å²) in [5, 5.41) is 0.889. The molecule has 11 heteroatoms. The third-order valence-electron chi connectivity index (χ3n) is 6.42. The maximum Gasteiger partial charge on any atom is 0.303 e. The highest BCUT2D eigenvalue weighted by atomic mass is 16.7. The summed E-state index contributed by atoms with van der Waals surface area (Å²) in [4.78, 5) is 47.9. The molecular weight excluding hydrogens is 534 g/mol. The molecule has 4 rings (SSSR count). The maximum atomic E-state index is 12.2. The second kappa shape index (κ2) is 12.9. The van der Waals surface area contributed by atoms with E-state index in [2.05, 4.69) is 0 Å². The van der Waals surface area contributed by atoms with Crippen LogP contribution in [0, 0.1) is 6.92 Å². The first-order chi connectivity index (χ1) is 19.5. The molecule has 0 aliphatic carbocycles. The highest BCUT2D eigenvalue weighted by Crippen LogP contribution is 2.34. The Morgan fingerprint density at radius 1 is 0.780 bits per heavy atom. The molecule has 0 amide bonds. The van der Waals surface area contributed by atoms with Crippen LogP contribution in [0.25, 0.3) is 10.9 Å². The molecule has 0 spiro atoms.